The fourth-order valence-corrected chi connectivity index (χ4v) is 5.08. The van der Waals surface area contributed by atoms with Crippen LogP contribution in [0.2, 0.25) is 0 Å². The van der Waals surface area contributed by atoms with Crippen LogP contribution in [-0.4, -0.2) is 50.7 Å². The lowest BCUT2D eigenvalue weighted by atomic mass is 9.84. The van der Waals surface area contributed by atoms with Crippen molar-refractivity contribution in [2.45, 2.75) is 43.1 Å². The van der Waals surface area contributed by atoms with Crippen molar-refractivity contribution in [2.24, 2.45) is 5.73 Å². The summed E-state index contributed by atoms with van der Waals surface area (Å²) in [5.41, 5.74) is 9.36. The largest absolute Gasteiger partial charge is 0.470 e. The molecule has 1 fully saturated rings. The Morgan fingerprint density at radius 1 is 0.978 bits per heavy atom. The second-order valence-corrected chi connectivity index (χ2v) is 10.8. The summed E-state index contributed by atoms with van der Waals surface area (Å²) >= 11 is 0. The standard InChI is InChI=1S/C33H36F6N4O2/c1-20(32(40)31(22-6-10-24(34)11-7-22)23-8-12-25(35)13-9-23)43-30-5-3-4-29(36)28(30)15-14-27-17-42-26(18-44-27)16-41-21(2)45-19-33(37,38)39/h3-13,26-27,31-32,41-43H,1-2,14-19,40H2/t26-,27-,32-/m1/s1. The van der Waals surface area contributed by atoms with E-state index in [1.54, 1.807) is 36.4 Å². The van der Waals surface area contributed by atoms with Crippen molar-refractivity contribution in [1.82, 2.24) is 10.6 Å². The molecule has 1 aliphatic rings. The Labute approximate surface area is 258 Å². The van der Waals surface area contributed by atoms with E-state index in [1.165, 1.54) is 30.3 Å². The minimum absolute atomic E-state index is 0.182. The molecule has 0 radical (unpaired) electrons. The molecular weight excluding hydrogens is 598 g/mol. The van der Waals surface area contributed by atoms with Crippen LogP contribution in [-0.2, 0) is 15.9 Å². The molecule has 0 unspecified atom stereocenters. The van der Waals surface area contributed by atoms with Gasteiger partial charge in [0, 0.05) is 42.0 Å². The van der Waals surface area contributed by atoms with E-state index in [-0.39, 0.29) is 31.2 Å². The van der Waals surface area contributed by atoms with Gasteiger partial charge >= 0.3 is 6.18 Å². The normalized spacial score (nSPS) is 17.5. The van der Waals surface area contributed by atoms with Crippen LogP contribution in [0.4, 0.5) is 32.0 Å². The maximum atomic E-state index is 15.1. The van der Waals surface area contributed by atoms with Gasteiger partial charge in [0.05, 0.1) is 18.8 Å². The van der Waals surface area contributed by atoms with Gasteiger partial charge in [0.25, 0.3) is 0 Å². The van der Waals surface area contributed by atoms with Crippen LogP contribution in [0.25, 0.3) is 0 Å². The second kappa shape index (κ2) is 15.3. The number of halogens is 6. The van der Waals surface area contributed by atoms with Crippen LogP contribution in [0.5, 0.6) is 0 Å². The number of hydrogen-bond acceptors (Lipinski definition) is 6. The van der Waals surface area contributed by atoms with Crippen LogP contribution >= 0.6 is 0 Å². The Kier molecular flexibility index (Phi) is 11.5. The summed E-state index contributed by atoms with van der Waals surface area (Å²) < 4.78 is 89.8. The number of ether oxygens (including phenoxy) is 2. The van der Waals surface area contributed by atoms with Crippen LogP contribution in [0.1, 0.15) is 29.0 Å². The highest BCUT2D eigenvalue weighted by Crippen LogP contribution is 2.32. The molecule has 0 spiro atoms. The van der Waals surface area contributed by atoms with Gasteiger partial charge in [-0.3, -0.25) is 0 Å². The molecule has 0 aliphatic carbocycles. The van der Waals surface area contributed by atoms with E-state index < -0.39 is 42.2 Å². The number of benzene rings is 3. The third-order valence-corrected chi connectivity index (χ3v) is 7.47. The third-order valence-electron chi connectivity index (χ3n) is 7.47. The summed E-state index contributed by atoms with van der Waals surface area (Å²) in [7, 11) is 0. The fraction of sp³-hybridized carbons (Fsp3) is 0.333. The van der Waals surface area contributed by atoms with E-state index in [1.807, 2.05) is 0 Å². The second-order valence-electron chi connectivity index (χ2n) is 10.8. The first-order chi connectivity index (χ1) is 21.4. The lowest BCUT2D eigenvalue weighted by Crippen LogP contribution is -2.50. The van der Waals surface area contributed by atoms with Crippen molar-refractivity contribution < 1.29 is 35.8 Å². The molecule has 0 bridgehead atoms. The number of rotatable bonds is 14. The van der Waals surface area contributed by atoms with Gasteiger partial charge in [0.2, 0.25) is 0 Å². The Bertz CT molecular complexity index is 1380. The van der Waals surface area contributed by atoms with Gasteiger partial charge in [0.1, 0.15) is 17.5 Å². The summed E-state index contributed by atoms with van der Waals surface area (Å²) in [4.78, 5) is 0. The molecule has 45 heavy (non-hydrogen) atoms. The molecule has 12 heteroatoms. The quantitative estimate of drug-likeness (QED) is 0.127. The predicted molar refractivity (Wildman–Crippen MR) is 161 cm³/mol. The molecule has 0 saturated carbocycles. The molecular formula is C33H36F6N4O2. The zero-order valence-corrected chi connectivity index (χ0v) is 24.5. The number of nitrogens with two attached hydrogens (primary N) is 1. The van der Waals surface area contributed by atoms with E-state index >= 15 is 4.39 Å². The number of alkyl halides is 3. The fourth-order valence-electron chi connectivity index (χ4n) is 5.08. The molecule has 1 aliphatic heterocycles. The van der Waals surface area contributed by atoms with Crippen molar-refractivity contribution in [2.75, 3.05) is 31.6 Å². The van der Waals surface area contributed by atoms with Crippen LogP contribution in [0.15, 0.2) is 91.5 Å². The average Bonchev–Trinajstić information content (AvgIpc) is 3.01. The van der Waals surface area contributed by atoms with Gasteiger partial charge in [0.15, 0.2) is 12.5 Å². The first kappa shape index (κ1) is 33.9. The maximum Gasteiger partial charge on any atom is 0.422 e. The van der Waals surface area contributed by atoms with Crippen molar-refractivity contribution in [3.8, 4) is 0 Å². The average molecular weight is 635 g/mol. The molecule has 5 N–H and O–H groups in total. The van der Waals surface area contributed by atoms with E-state index in [9.17, 15) is 22.0 Å². The topological polar surface area (TPSA) is 80.6 Å². The molecule has 0 aromatic heterocycles. The van der Waals surface area contributed by atoms with Crippen molar-refractivity contribution in [1.29, 1.82) is 0 Å². The van der Waals surface area contributed by atoms with Crippen molar-refractivity contribution in [3.63, 3.8) is 0 Å². The number of anilines is 1. The highest BCUT2D eigenvalue weighted by molar-refractivity contribution is 5.56. The van der Waals surface area contributed by atoms with Crippen molar-refractivity contribution in [3.05, 3.63) is 126 Å². The first-order valence-electron chi connectivity index (χ1n) is 14.4. The molecule has 0 amide bonds. The van der Waals surface area contributed by atoms with Gasteiger partial charge in [-0.2, -0.15) is 13.2 Å². The van der Waals surface area contributed by atoms with E-state index in [0.717, 1.165) is 0 Å². The van der Waals surface area contributed by atoms with Crippen LogP contribution in [0.3, 0.4) is 0 Å². The number of morpholine rings is 1. The van der Waals surface area contributed by atoms with Crippen molar-refractivity contribution >= 4 is 5.69 Å². The Morgan fingerprint density at radius 3 is 2.16 bits per heavy atom. The molecule has 1 heterocycles. The third kappa shape index (κ3) is 10.0. The molecule has 4 rings (SSSR count). The van der Waals surface area contributed by atoms with E-state index in [4.69, 9.17) is 10.5 Å². The summed E-state index contributed by atoms with van der Waals surface area (Å²) in [6.07, 6.45) is -3.87. The minimum Gasteiger partial charge on any atom is -0.470 e. The molecule has 3 aromatic carbocycles. The lowest BCUT2D eigenvalue weighted by Gasteiger charge is -2.31. The molecule has 1 saturated heterocycles. The Balaban J connectivity index is 1.35. The SMILES string of the molecule is C=C(NC[C@@H]1CO[C@H](CCc2c(F)cccc2NC(=C)[C@@H](N)C(c2ccc(F)cc2)c2ccc(F)cc2)CN1)OCC(F)(F)F. The maximum absolute atomic E-state index is 15.1. The van der Waals surface area contributed by atoms with E-state index in [0.29, 0.717) is 47.5 Å². The first-order valence-corrected chi connectivity index (χ1v) is 14.4. The summed E-state index contributed by atoms with van der Waals surface area (Å²) in [5.74, 6) is -1.91. The zero-order chi connectivity index (χ0) is 32.6. The zero-order valence-electron chi connectivity index (χ0n) is 24.5. The Hall–Kier alpha value is -4.00. The number of hydrogen-bond donors (Lipinski definition) is 4. The molecule has 3 aromatic rings. The summed E-state index contributed by atoms with van der Waals surface area (Å²) in [6, 6.07) is 15.5. The van der Waals surface area contributed by atoms with Crippen LogP contribution < -0.4 is 21.7 Å². The monoisotopic (exact) mass is 634 g/mol. The van der Waals surface area contributed by atoms with Gasteiger partial charge in [-0.25, -0.2) is 13.2 Å². The molecule has 242 valence electrons. The highest BCUT2D eigenvalue weighted by atomic mass is 19.4. The lowest BCUT2D eigenvalue weighted by molar-refractivity contribution is -0.166. The Morgan fingerprint density at radius 2 is 1.60 bits per heavy atom. The summed E-state index contributed by atoms with van der Waals surface area (Å²) in [5, 5.41) is 9.14. The molecule has 6 nitrogen and oxygen atoms in total. The van der Waals surface area contributed by atoms with Gasteiger partial charge < -0.3 is 31.2 Å². The predicted octanol–water partition coefficient (Wildman–Crippen LogP) is 6.12. The minimum atomic E-state index is -4.45. The highest BCUT2D eigenvalue weighted by Gasteiger charge is 2.29. The van der Waals surface area contributed by atoms with Gasteiger partial charge in [-0.05, 0) is 66.9 Å². The number of nitrogens with one attached hydrogen (secondary N) is 3. The molecule has 3 atom stereocenters. The van der Waals surface area contributed by atoms with Gasteiger partial charge in [-0.15, -0.1) is 0 Å². The van der Waals surface area contributed by atoms with Gasteiger partial charge in [-0.1, -0.05) is 36.9 Å². The van der Waals surface area contributed by atoms with Crippen LogP contribution in [0, 0.1) is 17.5 Å². The smallest absolute Gasteiger partial charge is 0.422 e. The summed E-state index contributed by atoms with van der Waals surface area (Å²) in [6.45, 7) is 7.12. The van der Waals surface area contributed by atoms with E-state index in [2.05, 4.69) is 33.8 Å².